The van der Waals surface area contributed by atoms with Gasteiger partial charge in [0.1, 0.15) is 0 Å². The molecule has 1 rings (SSSR count). The maximum atomic E-state index is 3.06. The van der Waals surface area contributed by atoms with E-state index in [0.717, 1.165) is 12.8 Å². The number of hydrogen-bond donors (Lipinski definition) is 0. The summed E-state index contributed by atoms with van der Waals surface area (Å²) in [5, 5.41) is 0. The Bertz CT molecular complexity index is 158. The van der Waals surface area contributed by atoms with Crippen molar-refractivity contribution in [1.82, 2.24) is 0 Å². The summed E-state index contributed by atoms with van der Waals surface area (Å²) in [6, 6.07) is 0. The molecular weight excluding hydrogens is 120 g/mol. The van der Waals surface area contributed by atoms with Crippen LogP contribution in [0.2, 0.25) is 0 Å². The zero-order chi connectivity index (χ0) is 7.07. The van der Waals surface area contributed by atoms with Crippen molar-refractivity contribution in [2.24, 2.45) is 0 Å². The molecule has 10 heavy (non-hydrogen) atoms. The van der Waals surface area contributed by atoms with Gasteiger partial charge in [-0.05, 0) is 18.9 Å². The molecular formula is C10H11. The first-order chi connectivity index (χ1) is 5.00. The first-order valence-corrected chi connectivity index (χ1v) is 3.56. The quantitative estimate of drug-likeness (QED) is 0.474. The zero-order valence-electron chi connectivity index (χ0n) is 5.96. The Morgan fingerprint density at radius 1 is 0.900 bits per heavy atom. The normalized spacial score (nSPS) is 17.6. The van der Waals surface area contributed by atoms with Crippen LogP contribution in [0.1, 0.15) is 12.8 Å². The smallest absolute Gasteiger partial charge is 0.0227 e. The third-order valence-corrected chi connectivity index (χ3v) is 1.26. The third-order valence-electron chi connectivity index (χ3n) is 1.26. The van der Waals surface area contributed by atoms with E-state index in [4.69, 9.17) is 0 Å². The van der Waals surface area contributed by atoms with E-state index in [-0.39, 0.29) is 0 Å². The standard InChI is InChI=1S/C10H11/c1-2-4-6-8-10-9-7-5-3-1/h1-6,10H,7,9H2. The van der Waals surface area contributed by atoms with Gasteiger partial charge in [0.15, 0.2) is 0 Å². The second kappa shape index (κ2) is 4.80. The van der Waals surface area contributed by atoms with Crippen molar-refractivity contribution < 1.29 is 0 Å². The third kappa shape index (κ3) is 3.08. The molecule has 0 fully saturated rings. The lowest BCUT2D eigenvalue weighted by Gasteiger charge is -1.84. The molecule has 0 aromatic rings. The zero-order valence-corrected chi connectivity index (χ0v) is 5.96. The van der Waals surface area contributed by atoms with E-state index < -0.39 is 0 Å². The molecule has 0 nitrogen and oxygen atoms in total. The van der Waals surface area contributed by atoms with E-state index in [1.807, 2.05) is 24.3 Å². The number of hydrogen-bond acceptors (Lipinski definition) is 0. The predicted molar refractivity (Wildman–Crippen MR) is 44.5 cm³/mol. The fourth-order valence-corrected chi connectivity index (χ4v) is 0.745. The molecule has 0 saturated carbocycles. The Morgan fingerprint density at radius 3 is 2.80 bits per heavy atom. The average molecular weight is 131 g/mol. The molecule has 0 N–H and O–H groups in total. The predicted octanol–water partition coefficient (Wildman–Crippen LogP) is 2.81. The van der Waals surface area contributed by atoms with Gasteiger partial charge in [-0.25, -0.2) is 0 Å². The largest absolute Gasteiger partial charge is 0.0842 e. The van der Waals surface area contributed by atoms with E-state index in [9.17, 15) is 0 Å². The van der Waals surface area contributed by atoms with Crippen LogP contribution < -0.4 is 0 Å². The van der Waals surface area contributed by atoms with Crippen LogP contribution >= 0.6 is 0 Å². The molecule has 0 heteroatoms. The summed E-state index contributed by atoms with van der Waals surface area (Å²) in [7, 11) is 0. The van der Waals surface area contributed by atoms with Crippen molar-refractivity contribution in [1.29, 1.82) is 0 Å². The molecule has 0 aliphatic heterocycles. The van der Waals surface area contributed by atoms with Crippen LogP contribution in [0.5, 0.6) is 0 Å². The number of rotatable bonds is 0. The highest BCUT2D eigenvalue weighted by molar-refractivity contribution is 5.14. The van der Waals surface area contributed by atoms with Crippen LogP contribution in [0, 0.1) is 6.08 Å². The first-order valence-electron chi connectivity index (χ1n) is 3.56. The summed E-state index contributed by atoms with van der Waals surface area (Å²) < 4.78 is 0. The summed E-state index contributed by atoms with van der Waals surface area (Å²) in [4.78, 5) is 0. The van der Waals surface area contributed by atoms with Gasteiger partial charge in [0.2, 0.25) is 0 Å². The SMILES string of the molecule is [C]1=CCCC=CC=CC=C1. The molecule has 51 valence electrons. The van der Waals surface area contributed by atoms with Crippen LogP contribution in [0.25, 0.3) is 0 Å². The highest BCUT2D eigenvalue weighted by Gasteiger charge is 1.75. The Hall–Kier alpha value is -1.04. The molecule has 1 radical (unpaired) electrons. The Labute approximate surface area is 62.3 Å². The molecule has 0 spiro atoms. The van der Waals surface area contributed by atoms with Gasteiger partial charge in [-0.15, -0.1) is 0 Å². The second-order valence-corrected chi connectivity index (χ2v) is 2.12. The summed E-state index contributed by atoms with van der Waals surface area (Å²) >= 11 is 0. The maximum absolute atomic E-state index is 3.06. The van der Waals surface area contributed by atoms with Crippen molar-refractivity contribution in [2.75, 3.05) is 0 Å². The molecule has 0 aromatic heterocycles. The van der Waals surface area contributed by atoms with Crippen LogP contribution in [0.4, 0.5) is 0 Å². The van der Waals surface area contributed by atoms with Gasteiger partial charge in [0, 0.05) is 0 Å². The lowest BCUT2D eigenvalue weighted by Crippen LogP contribution is -1.65. The minimum atomic E-state index is 1.09. The van der Waals surface area contributed by atoms with Crippen molar-refractivity contribution in [3.8, 4) is 0 Å². The maximum Gasteiger partial charge on any atom is -0.0227 e. The lowest BCUT2D eigenvalue weighted by molar-refractivity contribution is 1.05. The van der Waals surface area contributed by atoms with Crippen LogP contribution in [0.15, 0.2) is 42.5 Å². The van der Waals surface area contributed by atoms with E-state index in [1.165, 1.54) is 0 Å². The van der Waals surface area contributed by atoms with E-state index in [1.54, 1.807) is 0 Å². The fraction of sp³-hybridized carbons (Fsp3) is 0.200. The molecule has 1 aliphatic carbocycles. The van der Waals surface area contributed by atoms with Gasteiger partial charge >= 0.3 is 0 Å². The summed E-state index contributed by atoms with van der Waals surface area (Å²) in [6.07, 6.45) is 19.5. The molecule has 0 aromatic carbocycles. The van der Waals surface area contributed by atoms with E-state index in [0.29, 0.717) is 0 Å². The fourth-order valence-electron chi connectivity index (χ4n) is 0.745. The van der Waals surface area contributed by atoms with Crippen molar-refractivity contribution in [2.45, 2.75) is 12.8 Å². The van der Waals surface area contributed by atoms with Gasteiger partial charge in [0.25, 0.3) is 0 Å². The van der Waals surface area contributed by atoms with E-state index in [2.05, 4.69) is 24.3 Å². The molecule has 0 unspecified atom stereocenters. The molecule has 0 atom stereocenters. The van der Waals surface area contributed by atoms with Crippen molar-refractivity contribution in [3.05, 3.63) is 48.6 Å². The lowest BCUT2D eigenvalue weighted by atomic mass is 10.2. The van der Waals surface area contributed by atoms with Crippen LogP contribution in [-0.4, -0.2) is 0 Å². The van der Waals surface area contributed by atoms with Gasteiger partial charge < -0.3 is 0 Å². The Morgan fingerprint density at radius 2 is 1.80 bits per heavy atom. The van der Waals surface area contributed by atoms with Crippen LogP contribution in [0.3, 0.4) is 0 Å². The van der Waals surface area contributed by atoms with Crippen molar-refractivity contribution >= 4 is 0 Å². The van der Waals surface area contributed by atoms with Gasteiger partial charge in [-0.1, -0.05) is 42.5 Å². The molecule has 1 aliphatic rings. The number of allylic oxidation sites excluding steroid dienone is 8. The first kappa shape index (κ1) is 7.07. The monoisotopic (exact) mass is 131 g/mol. The van der Waals surface area contributed by atoms with Gasteiger partial charge in [-0.3, -0.25) is 0 Å². The minimum Gasteiger partial charge on any atom is -0.0842 e. The highest BCUT2D eigenvalue weighted by Crippen LogP contribution is 1.95. The Balaban J connectivity index is 2.53. The topological polar surface area (TPSA) is 0 Å². The summed E-state index contributed by atoms with van der Waals surface area (Å²) in [6.45, 7) is 0. The molecule has 0 saturated heterocycles. The highest BCUT2D eigenvalue weighted by atomic mass is 13.8. The summed E-state index contributed by atoms with van der Waals surface area (Å²) in [5.41, 5.74) is 0. The molecule has 0 amide bonds. The Kier molecular flexibility index (Phi) is 3.40. The van der Waals surface area contributed by atoms with Crippen molar-refractivity contribution in [3.63, 3.8) is 0 Å². The van der Waals surface area contributed by atoms with Gasteiger partial charge in [0.05, 0.1) is 0 Å². The minimum absolute atomic E-state index is 1.09. The van der Waals surface area contributed by atoms with Crippen LogP contribution in [-0.2, 0) is 0 Å². The summed E-state index contributed by atoms with van der Waals surface area (Å²) in [5.74, 6) is 0. The van der Waals surface area contributed by atoms with Gasteiger partial charge in [-0.2, -0.15) is 0 Å². The second-order valence-electron chi connectivity index (χ2n) is 2.12. The molecule has 0 heterocycles. The van der Waals surface area contributed by atoms with E-state index >= 15 is 0 Å². The average Bonchev–Trinajstić information content (AvgIpc) is 2.01. The molecule has 0 bridgehead atoms.